The topological polar surface area (TPSA) is 38.0 Å². The minimum Gasteiger partial charge on any atom is -0.388 e. The lowest BCUT2D eigenvalue weighted by Crippen LogP contribution is -1.97. The zero-order chi connectivity index (χ0) is 11.4. The summed E-state index contributed by atoms with van der Waals surface area (Å²) in [6, 6.07) is 5.96. The molecule has 1 N–H and O–H groups in total. The molecule has 0 aromatic carbocycles. The third kappa shape index (κ3) is 2.49. The van der Waals surface area contributed by atoms with Gasteiger partial charge in [-0.15, -0.1) is 0 Å². The highest BCUT2D eigenvalue weighted by atomic mass is 16.3. The van der Waals surface area contributed by atoms with Gasteiger partial charge < -0.3 is 9.67 Å². The molecule has 2 rings (SSSR count). The quantitative estimate of drug-likeness (QED) is 0.852. The summed E-state index contributed by atoms with van der Waals surface area (Å²) >= 11 is 0. The molecule has 16 heavy (non-hydrogen) atoms. The molecule has 84 valence electrons. The van der Waals surface area contributed by atoms with Crippen molar-refractivity contribution in [1.82, 2.24) is 9.55 Å². The summed E-state index contributed by atoms with van der Waals surface area (Å²) in [4.78, 5) is 3.98. The van der Waals surface area contributed by atoms with E-state index in [1.165, 1.54) is 5.56 Å². The fourth-order valence-corrected chi connectivity index (χ4v) is 1.69. The molecular weight excluding hydrogens is 200 g/mol. The standard InChI is InChI=1S/C13H16N2O/c1-2-13(16)12-5-8-15(10-12)9-11-3-6-14-7-4-11/h3-8,10,13,16H,2,9H2,1H3. The lowest BCUT2D eigenvalue weighted by atomic mass is 10.1. The second-order valence-corrected chi connectivity index (χ2v) is 3.90. The SMILES string of the molecule is CCC(O)c1ccn(Cc2ccncc2)c1. The number of aliphatic hydroxyl groups excluding tert-OH is 1. The Morgan fingerprint density at radius 1 is 1.31 bits per heavy atom. The molecule has 0 aliphatic carbocycles. The van der Waals surface area contributed by atoms with Crippen molar-refractivity contribution in [3.63, 3.8) is 0 Å². The van der Waals surface area contributed by atoms with Gasteiger partial charge in [-0.3, -0.25) is 4.98 Å². The average Bonchev–Trinajstić information content (AvgIpc) is 2.78. The summed E-state index contributed by atoms with van der Waals surface area (Å²) in [5, 5.41) is 9.69. The predicted molar refractivity (Wildman–Crippen MR) is 63.0 cm³/mol. The van der Waals surface area contributed by atoms with E-state index in [9.17, 15) is 5.11 Å². The Hall–Kier alpha value is -1.61. The van der Waals surface area contributed by atoms with Crippen molar-refractivity contribution in [1.29, 1.82) is 0 Å². The molecule has 1 unspecified atom stereocenters. The molecule has 3 heteroatoms. The van der Waals surface area contributed by atoms with Crippen LogP contribution in [0.25, 0.3) is 0 Å². The van der Waals surface area contributed by atoms with E-state index in [2.05, 4.69) is 9.55 Å². The fraction of sp³-hybridized carbons (Fsp3) is 0.308. The summed E-state index contributed by atoms with van der Waals surface area (Å²) in [5.74, 6) is 0. The molecule has 1 atom stereocenters. The van der Waals surface area contributed by atoms with Crippen LogP contribution in [0.15, 0.2) is 43.0 Å². The molecule has 2 aromatic heterocycles. The van der Waals surface area contributed by atoms with Gasteiger partial charge in [-0.2, -0.15) is 0 Å². The Morgan fingerprint density at radius 2 is 2.06 bits per heavy atom. The van der Waals surface area contributed by atoms with Gasteiger partial charge in [-0.05, 0) is 35.7 Å². The van der Waals surface area contributed by atoms with Gasteiger partial charge in [-0.1, -0.05) is 6.92 Å². The maximum Gasteiger partial charge on any atom is 0.0802 e. The lowest BCUT2D eigenvalue weighted by Gasteiger charge is -2.05. The van der Waals surface area contributed by atoms with Gasteiger partial charge in [0.15, 0.2) is 0 Å². The second kappa shape index (κ2) is 4.94. The summed E-state index contributed by atoms with van der Waals surface area (Å²) in [6.45, 7) is 2.80. The van der Waals surface area contributed by atoms with Crippen molar-refractivity contribution in [3.05, 3.63) is 54.1 Å². The van der Waals surface area contributed by atoms with Crippen molar-refractivity contribution >= 4 is 0 Å². The molecule has 2 heterocycles. The smallest absolute Gasteiger partial charge is 0.0802 e. The van der Waals surface area contributed by atoms with Crippen LogP contribution >= 0.6 is 0 Å². The zero-order valence-electron chi connectivity index (χ0n) is 9.37. The number of nitrogens with zero attached hydrogens (tertiary/aromatic N) is 2. The van der Waals surface area contributed by atoms with Crippen LogP contribution in [0.4, 0.5) is 0 Å². The first-order chi connectivity index (χ1) is 7.79. The minimum absolute atomic E-state index is 0.348. The van der Waals surface area contributed by atoms with Crippen molar-refractivity contribution in [2.45, 2.75) is 26.0 Å². The van der Waals surface area contributed by atoms with Gasteiger partial charge >= 0.3 is 0 Å². The van der Waals surface area contributed by atoms with Crippen molar-refractivity contribution in [2.24, 2.45) is 0 Å². The molecule has 3 nitrogen and oxygen atoms in total. The monoisotopic (exact) mass is 216 g/mol. The maximum atomic E-state index is 9.69. The maximum absolute atomic E-state index is 9.69. The lowest BCUT2D eigenvalue weighted by molar-refractivity contribution is 0.173. The molecule has 0 aliphatic heterocycles. The van der Waals surface area contributed by atoms with Crippen molar-refractivity contribution in [3.8, 4) is 0 Å². The summed E-state index contributed by atoms with van der Waals surface area (Å²) in [5.41, 5.74) is 2.19. The number of aliphatic hydroxyl groups is 1. The average molecular weight is 216 g/mol. The largest absolute Gasteiger partial charge is 0.388 e. The Morgan fingerprint density at radius 3 is 2.75 bits per heavy atom. The molecule has 0 saturated carbocycles. The van der Waals surface area contributed by atoms with Crippen LogP contribution in [0.2, 0.25) is 0 Å². The van der Waals surface area contributed by atoms with Crippen molar-refractivity contribution < 1.29 is 5.11 Å². The Balaban J connectivity index is 2.09. The highest BCUT2D eigenvalue weighted by Crippen LogP contribution is 2.16. The Kier molecular flexibility index (Phi) is 3.37. The molecule has 0 bridgehead atoms. The van der Waals surface area contributed by atoms with Gasteiger partial charge in [-0.25, -0.2) is 0 Å². The third-order valence-corrected chi connectivity index (χ3v) is 2.66. The van der Waals surface area contributed by atoms with Crippen LogP contribution in [-0.2, 0) is 6.54 Å². The summed E-state index contributed by atoms with van der Waals surface area (Å²) in [6.07, 6.45) is 7.97. The van der Waals surface area contributed by atoms with Crippen LogP contribution in [0.5, 0.6) is 0 Å². The van der Waals surface area contributed by atoms with E-state index < -0.39 is 0 Å². The van der Waals surface area contributed by atoms with Gasteiger partial charge in [0.05, 0.1) is 6.10 Å². The van der Waals surface area contributed by atoms with E-state index in [0.717, 1.165) is 18.5 Å². The van der Waals surface area contributed by atoms with Gasteiger partial charge in [0.25, 0.3) is 0 Å². The Labute approximate surface area is 95.4 Å². The number of hydrogen-bond donors (Lipinski definition) is 1. The van der Waals surface area contributed by atoms with E-state index in [-0.39, 0.29) is 6.10 Å². The number of rotatable bonds is 4. The normalized spacial score (nSPS) is 12.6. The fourth-order valence-electron chi connectivity index (χ4n) is 1.69. The van der Waals surface area contributed by atoms with Crippen LogP contribution in [0.3, 0.4) is 0 Å². The van der Waals surface area contributed by atoms with Crippen LogP contribution in [0.1, 0.15) is 30.6 Å². The first-order valence-electron chi connectivity index (χ1n) is 5.52. The van der Waals surface area contributed by atoms with Gasteiger partial charge in [0.2, 0.25) is 0 Å². The molecule has 0 radical (unpaired) electrons. The number of hydrogen-bond acceptors (Lipinski definition) is 2. The molecule has 0 saturated heterocycles. The van der Waals surface area contributed by atoms with E-state index >= 15 is 0 Å². The van der Waals surface area contributed by atoms with E-state index in [0.29, 0.717) is 0 Å². The summed E-state index contributed by atoms with van der Waals surface area (Å²) in [7, 11) is 0. The highest BCUT2D eigenvalue weighted by molar-refractivity contribution is 5.16. The predicted octanol–water partition coefficient (Wildman–Crippen LogP) is 2.37. The van der Waals surface area contributed by atoms with Crippen LogP contribution < -0.4 is 0 Å². The molecule has 0 spiro atoms. The summed E-state index contributed by atoms with van der Waals surface area (Å²) < 4.78 is 2.07. The molecule has 0 fully saturated rings. The van der Waals surface area contributed by atoms with Crippen LogP contribution in [-0.4, -0.2) is 14.7 Å². The van der Waals surface area contributed by atoms with Gasteiger partial charge in [0, 0.05) is 31.3 Å². The molecule has 2 aromatic rings. The Bertz CT molecular complexity index is 436. The van der Waals surface area contributed by atoms with Crippen molar-refractivity contribution in [2.75, 3.05) is 0 Å². The first-order valence-corrected chi connectivity index (χ1v) is 5.52. The van der Waals surface area contributed by atoms with E-state index in [4.69, 9.17) is 0 Å². The van der Waals surface area contributed by atoms with E-state index in [1.807, 2.05) is 37.5 Å². The van der Waals surface area contributed by atoms with E-state index in [1.54, 1.807) is 12.4 Å². The van der Waals surface area contributed by atoms with Crippen LogP contribution in [0, 0.1) is 0 Å². The molecule has 0 amide bonds. The highest BCUT2D eigenvalue weighted by Gasteiger charge is 2.06. The molecule has 0 aliphatic rings. The number of aromatic nitrogens is 2. The third-order valence-electron chi connectivity index (χ3n) is 2.66. The molecular formula is C13H16N2O. The van der Waals surface area contributed by atoms with Gasteiger partial charge in [0.1, 0.15) is 0 Å². The number of pyridine rings is 1. The second-order valence-electron chi connectivity index (χ2n) is 3.90. The minimum atomic E-state index is -0.348. The first kappa shape index (κ1) is 10.9. The zero-order valence-corrected chi connectivity index (χ0v) is 9.37.